The van der Waals surface area contributed by atoms with E-state index in [1.165, 1.54) is 16.3 Å². The molecule has 4 aliphatic heterocycles. The summed E-state index contributed by atoms with van der Waals surface area (Å²) in [5, 5.41) is 9.94. The number of amides is 3. The number of anilines is 2. The van der Waals surface area contributed by atoms with Crippen LogP contribution in [0, 0.1) is 24.0 Å². The number of hydrogen-bond acceptors (Lipinski definition) is 8. The predicted octanol–water partition coefficient (Wildman–Crippen LogP) is 4.31. The van der Waals surface area contributed by atoms with Crippen molar-refractivity contribution in [1.29, 1.82) is 0 Å². The Bertz CT molecular complexity index is 1910. The van der Waals surface area contributed by atoms with Crippen molar-refractivity contribution in [3.05, 3.63) is 86.8 Å². The maximum absolute atomic E-state index is 15.3. The van der Waals surface area contributed by atoms with Crippen LogP contribution in [-0.2, 0) is 16.6 Å². The van der Waals surface area contributed by atoms with Gasteiger partial charge in [0.2, 0.25) is 11.8 Å². The fourth-order valence-electron chi connectivity index (χ4n) is 8.73. The molecule has 13 heteroatoms. The highest BCUT2D eigenvalue weighted by Crippen LogP contribution is 2.43. The van der Waals surface area contributed by atoms with Crippen molar-refractivity contribution in [3.63, 3.8) is 0 Å². The molecule has 3 aromatic rings. The highest BCUT2D eigenvalue weighted by molar-refractivity contribution is 6.01. The molecular formula is C39H47F2N7O4. The molecule has 5 heterocycles. The fraction of sp³-hybridized carbons (Fsp3) is 0.513. The van der Waals surface area contributed by atoms with Crippen LogP contribution in [0.2, 0.25) is 0 Å². The zero-order valence-corrected chi connectivity index (χ0v) is 30.1. The lowest BCUT2D eigenvalue weighted by Crippen LogP contribution is -2.48. The van der Waals surface area contributed by atoms with Crippen LogP contribution in [0.25, 0.3) is 0 Å². The maximum Gasteiger partial charge on any atom is 0.271 e. The quantitative estimate of drug-likeness (QED) is 0.363. The number of piperidine rings is 4. The van der Waals surface area contributed by atoms with Crippen LogP contribution in [0.1, 0.15) is 83.8 Å². The Kier molecular flexibility index (Phi) is 9.90. The third-order valence-corrected chi connectivity index (χ3v) is 12.0. The van der Waals surface area contributed by atoms with Gasteiger partial charge < -0.3 is 20.0 Å². The molecule has 1 spiro atoms. The van der Waals surface area contributed by atoms with Gasteiger partial charge in [0.05, 0.1) is 23.5 Å². The molecule has 0 radical (unpaired) electrons. The number of aromatic nitrogens is 2. The number of likely N-dealkylation sites (N-methyl/N-ethyl adjacent to an activating group) is 1. The van der Waals surface area contributed by atoms with Crippen molar-refractivity contribution in [3.8, 4) is 0 Å². The number of benzene rings is 2. The van der Waals surface area contributed by atoms with Gasteiger partial charge in [0.1, 0.15) is 0 Å². The van der Waals surface area contributed by atoms with E-state index in [4.69, 9.17) is 0 Å². The molecule has 11 nitrogen and oxygen atoms in total. The van der Waals surface area contributed by atoms with Crippen LogP contribution in [0.15, 0.2) is 47.4 Å². The Morgan fingerprint density at radius 1 is 0.923 bits per heavy atom. The third kappa shape index (κ3) is 7.07. The number of aryl methyl sites for hydroxylation is 1. The summed E-state index contributed by atoms with van der Waals surface area (Å²) in [7, 11) is 3.75. The van der Waals surface area contributed by atoms with Crippen molar-refractivity contribution >= 4 is 29.1 Å². The summed E-state index contributed by atoms with van der Waals surface area (Å²) in [5.41, 5.74) is 3.40. The Balaban J connectivity index is 0.923. The summed E-state index contributed by atoms with van der Waals surface area (Å²) < 4.78 is 31.9. The van der Waals surface area contributed by atoms with E-state index < -0.39 is 29.4 Å². The van der Waals surface area contributed by atoms with Crippen molar-refractivity contribution in [2.24, 2.45) is 12.5 Å². The van der Waals surface area contributed by atoms with Gasteiger partial charge in [0, 0.05) is 75.5 Å². The van der Waals surface area contributed by atoms with E-state index in [2.05, 4.69) is 39.8 Å². The number of rotatable bonds is 6. The molecule has 1 aromatic heterocycles. The first-order valence-electron chi connectivity index (χ1n) is 18.3. The molecule has 3 amide bonds. The number of imide groups is 1. The molecule has 276 valence electrons. The van der Waals surface area contributed by atoms with E-state index in [-0.39, 0.29) is 52.9 Å². The van der Waals surface area contributed by atoms with Gasteiger partial charge in [-0.2, -0.15) is 5.10 Å². The maximum atomic E-state index is 15.3. The summed E-state index contributed by atoms with van der Waals surface area (Å²) in [5.74, 6) is -3.55. The number of halogens is 2. The van der Waals surface area contributed by atoms with Crippen LogP contribution in [0.4, 0.5) is 20.2 Å². The van der Waals surface area contributed by atoms with Gasteiger partial charge in [0.25, 0.3) is 11.5 Å². The van der Waals surface area contributed by atoms with Crippen LogP contribution in [0.5, 0.6) is 0 Å². The number of likely N-dealkylation sites (tertiary alicyclic amines) is 2. The van der Waals surface area contributed by atoms with Crippen LogP contribution >= 0.6 is 0 Å². The van der Waals surface area contributed by atoms with Crippen LogP contribution in [-0.4, -0.2) is 89.7 Å². The predicted molar refractivity (Wildman–Crippen MR) is 193 cm³/mol. The van der Waals surface area contributed by atoms with Crippen LogP contribution in [0.3, 0.4) is 0 Å². The summed E-state index contributed by atoms with van der Waals surface area (Å²) in [6, 6.07) is 11.2. The van der Waals surface area contributed by atoms with Crippen LogP contribution < -0.4 is 21.1 Å². The zero-order chi connectivity index (χ0) is 36.7. The van der Waals surface area contributed by atoms with E-state index in [0.717, 1.165) is 50.9 Å². The van der Waals surface area contributed by atoms with Gasteiger partial charge in [-0.15, -0.1) is 0 Å². The van der Waals surface area contributed by atoms with E-state index >= 15 is 8.78 Å². The fourth-order valence-corrected chi connectivity index (χ4v) is 8.73. The van der Waals surface area contributed by atoms with E-state index in [0.29, 0.717) is 37.3 Å². The van der Waals surface area contributed by atoms with Gasteiger partial charge in [-0.25, -0.2) is 13.5 Å². The summed E-state index contributed by atoms with van der Waals surface area (Å²) in [6.07, 6.45) is 6.23. The molecule has 0 bridgehead atoms. The van der Waals surface area contributed by atoms with Crippen molar-refractivity contribution < 1.29 is 23.2 Å². The molecule has 52 heavy (non-hydrogen) atoms. The average molecular weight is 716 g/mol. The standard InChI is InChI=1S/C39H47F2N7O4/c1-24-31(21-42-46(3)37(24)51)43-28-20-27(22-45(2)23-28)25-4-6-26(7-5-25)38(52)48-18-14-39(15-19-48)12-16-47(17-13-39)32-10-8-29(34(40)35(32)41)30-9-11-33(49)44-36(30)50/h4-8,10,21,27-28,30,43H,9,11-20,22-23H2,1-3H3,(H,44,49,50)/t27-,28+,30?/m0/s1. The smallest absolute Gasteiger partial charge is 0.271 e. The first kappa shape index (κ1) is 35.7. The highest BCUT2D eigenvalue weighted by Gasteiger charge is 2.40. The Morgan fingerprint density at radius 3 is 2.31 bits per heavy atom. The molecule has 4 saturated heterocycles. The molecule has 7 rings (SSSR count). The minimum absolute atomic E-state index is 0.0131. The van der Waals surface area contributed by atoms with Gasteiger partial charge in [0.15, 0.2) is 11.6 Å². The number of nitrogens with zero attached hydrogens (tertiary/aromatic N) is 5. The molecule has 2 aromatic carbocycles. The minimum Gasteiger partial charge on any atom is -0.379 e. The second-order valence-corrected chi connectivity index (χ2v) is 15.3. The Hall–Kier alpha value is -4.65. The normalized spacial score (nSPS) is 23.8. The molecule has 2 N–H and O–H groups in total. The zero-order valence-electron chi connectivity index (χ0n) is 30.1. The average Bonchev–Trinajstić information content (AvgIpc) is 3.14. The SMILES string of the molecule is Cc1c(N[C@@H]2C[C@H](c3ccc(C(=O)N4CCC5(CC4)CCN(c4ccc(C6CCC(=O)NC6=O)c(F)c4F)CC5)cc3)CN(C)C2)cnn(C)c1=O. The largest absolute Gasteiger partial charge is 0.379 e. The van der Waals surface area contributed by atoms with E-state index in [1.807, 2.05) is 28.9 Å². The lowest BCUT2D eigenvalue weighted by molar-refractivity contribution is -0.134. The molecule has 4 aliphatic rings. The number of carbonyl (C=O) groups excluding carboxylic acids is 3. The summed E-state index contributed by atoms with van der Waals surface area (Å²) in [4.78, 5) is 55.8. The molecule has 4 fully saturated rings. The Morgan fingerprint density at radius 2 is 1.62 bits per heavy atom. The van der Waals surface area contributed by atoms with Gasteiger partial charge in [-0.05, 0) is 87.6 Å². The lowest BCUT2D eigenvalue weighted by atomic mass is 9.71. The van der Waals surface area contributed by atoms with Gasteiger partial charge in [-0.1, -0.05) is 18.2 Å². The Labute approximate surface area is 302 Å². The van der Waals surface area contributed by atoms with E-state index in [9.17, 15) is 19.2 Å². The highest BCUT2D eigenvalue weighted by atomic mass is 19.2. The van der Waals surface area contributed by atoms with Crippen molar-refractivity contribution in [2.45, 2.75) is 69.7 Å². The number of hydrogen-bond donors (Lipinski definition) is 2. The molecule has 0 aliphatic carbocycles. The van der Waals surface area contributed by atoms with Gasteiger partial charge >= 0.3 is 0 Å². The lowest BCUT2D eigenvalue weighted by Gasteiger charge is -2.47. The summed E-state index contributed by atoms with van der Waals surface area (Å²) in [6.45, 7) is 6.04. The van der Waals surface area contributed by atoms with Gasteiger partial charge in [-0.3, -0.25) is 24.5 Å². The monoisotopic (exact) mass is 715 g/mol. The first-order chi connectivity index (χ1) is 24.9. The second-order valence-electron chi connectivity index (χ2n) is 15.3. The number of nitrogens with one attached hydrogen (secondary N) is 2. The third-order valence-electron chi connectivity index (χ3n) is 12.0. The van der Waals surface area contributed by atoms with Crippen molar-refractivity contribution in [2.75, 3.05) is 56.5 Å². The molecular weight excluding hydrogens is 668 g/mol. The topological polar surface area (TPSA) is 120 Å². The molecule has 1 unspecified atom stereocenters. The first-order valence-corrected chi connectivity index (χ1v) is 18.3. The minimum atomic E-state index is -1.02. The summed E-state index contributed by atoms with van der Waals surface area (Å²) >= 11 is 0. The van der Waals surface area contributed by atoms with E-state index in [1.54, 1.807) is 19.3 Å². The molecule has 0 saturated carbocycles. The second kappa shape index (κ2) is 14.4. The number of carbonyl (C=O) groups is 3. The molecule has 3 atom stereocenters. The van der Waals surface area contributed by atoms with Crippen molar-refractivity contribution in [1.82, 2.24) is 24.9 Å².